The van der Waals surface area contributed by atoms with Gasteiger partial charge in [0.05, 0.1) is 13.2 Å². The van der Waals surface area contributed by atoms with Crippen LogP contribution in [-0.2, 0) is 11.3 Å². The molecule has 1 aliphatic carbocycles. The number of aromatic amines is 1. The number of nitrogens with zero attached hydrogens (tertiary/aromatic N) is 1. The smallest absolute Gasteiger partial charge is 0.354 e. The molecule has 5 heteroatoms. The molecule has 2 N–H and O–H groups in total. The molecule has 0 aromatic carbocycles. The number of carbonyl (C=O) groups excluding carboxylic acids is 1. The molecular formula is C15H24N2O3. The number of nitrogens with one attached hydrogen (secondary N) is 1. The third kappa shape index (κ3) is 3.84. The standard InChI is InChI=1S/C15H24N2O3/c1-17(10-12-5-3-4-6-14(12)18)9-11-7-13(16-8-11)15(19)20-2/h7-8,12,14,16,18H,3-6,9-10H2,1-2H3. The lowest BCUT2D eigenvalue weighted by Crippen LogP contribution is -2.34. The maximum Gasteiger partial charge on any atom is 0.354 e. The van der Waals surface area contributed by atoms with Crippen LogP contribution < -0.4 is 0 Å². The first-order chi connectivity index (χ1) is 9.60. The van der Waals surface area contributed by atoms with E-state index in [0.29, 0.717) is 11.6 Å². The van der Waals surface area contributed by atoms with Gasteiger partial charge in [0, 0.05) is 19.3 Å². The third-order valence-electron chi connectivity index (χ3n) is 4.02. The average Bonchev–Trinajstić information content (AvgIpc) is 2.89. The van der Waals surface area contributed by atoms with Crippen LogP contribution in [0.25, 0.3) is 0 Å². The van der Waals surface area contributed by atoms with Gasteiger partial charge >= 0.3 is 5.97 Å². The van der Waals surface area contributed by atoms with E-state index in [1.165, 1.54) is 13.5 Å². The highest BCUT2D eigenvalue weighted by molar-refractivity contribution is 5.87. The van der Waals surface area contributed by atoms with E-state index in [9.17, 15) is 9.90 Å². The molecule has 1 aromatic rings. The first-order valence-corrected chi connectivity index (χ1v) is 7.22. The molecule has 1 heterocycles. The number of aromatic nitrogens is 1. The van der Waals surface area contributed by atoms with E-state index < -0.39 is 0 Å². The van der Waals surface area contributed by atoms with Gasteiger partial charge in [-0.3, -0.25) is 0 Å². The first-order valence-electron chi connectivity index (χ1n) is 7.22. The molecule has 2 rings (SSSR count). The number of aliphatic hydroxyl groups is 1. The van der Waals surface area contributed by atoms with Gasteiger partial charge < -0.3 is 19.7 Å². The van der Waals surface area contributed by atoms with E-state index in [-0.39, 0.29) is 12.1 Å². The van der Waals surface area contributed by atoms with Crippen molar-refractivity contribution in [2.45, 2.75) is 38.3 Å². The van der Waals surface area contributed by atoms with Crippen molar-refractivity contribution in [3.05, 3.63) is 23.5 Å². The molecule has 0 aliphatic heterocycles. The van der Waals surface area contributed by atoms with Crippen LogP contribution in [0.5, 0.6) is 0 Å². The van der Waals surface area contributed by atoms with Crippen molar-refractivity contribution < 1.29 is 14.6 Å². The minimum atomic E-state index is -0.346. The number of carbonyl (C=O) groups is 1. The van der Waals surface area contributed by atoms with Gasteiger partial charge in [-0.1, -0.05) is 12.8 Å². The van der Waals surface area contributed by atoms with Crippen LogP contribution in [0.15, 0.2) is 12.3 Å². The molecule has 112 valence electrons. The highest BCUT2D eigenvalue weighted by Crippen LogP contribution is 2.25. The van der Waals surface area contributed by atoms with Gasteiger partial charge in [0.1, 0.15) is 5.69 Å². The molecule has 2 unspecified atom stereocenters. The fourth-order valence-electron chi connectivity index (χ4n) is 2.94. The molecule has 0 spiro atoms. The lowest BCUT2D eigenvalue weighted by molar-refractivity contribution is 0.0502. The molecule has 0 saturated heterocycles. The Morgan fingerprint density at radius 3 is 2.95 bits per heavy atom. The summed E-state index contributed by atoms with van der Waals surface area (Å²) in [7, 11) is 3.42. The summed E-state index contributed by atoms with van der Waals surface area (Å²) in [6, 6.07) is 1.82. The maximum absolute atomic E-state index is 11.4. The van der Waals surface area contributed by atoms with E-state index in [0.717, 1.165) is 37.9 Å². The molecule has 5 nitrogen and oxygen atoms in total. The van der Waals surface area contributed by atoms with E-state index in [4.69, 9.17) is 0 Å². The van der Waals surface area contributed by atoms with Gasteiger partial charge in [-0.25, -0.2) is 4.79 Å². The summed E-state index contributed by atoms with van der Waals surface area (Å²) in [5.41, 5.74) is 1.53. The van der Waals surface area contributed by atoms with Crippen molar-refractivity contribution >= 4 is 5.97 Å². The number of hydrogen-bond acceptors (Lipinski definition) is 4. The Kier molecular flexibility index (Phi) is 5.20. The van der Waals surface area contributed by atoms with Crippen LogP contribution in [0.1, 0.15) is 41.7 Å². The number of rotatable bonds is 5. The number of H-pyrrole nitrogens is 1. The summed E-state index contributed by atoms with van der Waals surface area (Å²) in [5, 5.41) is 10.00. The Morgan fingerprint density at radius 1 is 1.50 bits per heavy atom. The van der Waals surface area contributed by atoms with Crippen molar-refractivity contribution in [1.29, 1.82) is 0 Å². The second kappa shape index (κ2) is 6.90. The number of hydrogen-bond donors (Lipinski definition) is 2. The van der Waals surface area contributed by atoms with Gasteiger partial charge in [-0.2, -0.15) is 0 Å². The van der Waals surface area contributed by atoms with Crippen LogP contribution >= 0.6 is 0 Å². The Morgan fingerprint density at radius 2 is 2.25 bits per heavy atom. The highest BCUT2D eigenvalue weighted by atomic mass is 16.5. The molecule has 1 aliphatic rings. The summed E-state index contributed by atoms with van der Waals surface area (Å²) in [5.74, 6) is 0.0226. The van der Waals surface area contributed by atoms with E-state index in [1.54, 1.807) is 0 Å². The lowest BCUT2D eigenvalue weighted by Gasteiger charge is -2.31. The summed E-state index contributed by atoms with van der Waals surface area (Å²) >= 11 is 0. The summed E-state index contributed by atoms with van der Waals surface area (Å²) < 4.78 is 4.67. The van der Waals surface area contributed by atoms with Crippen LogP contribution in [-0.4, -0.2) is 47.8 Å². The van der Waals surface area contributed by atoms with Gasteiger partial charge in [0.25, 0.3) is 0 Å². The zero-order valence-corrected chi connectivity index (χ0v) is 12.3. The quantitative estimate of drug-likeness (QED) is 0.807. The number of methoxy groups -OCH3 is 1. The van der Waals surface area contributed by atoms with Gasteiger partial charge in [0.15, 0.2) is 0 Å². The van der Waals surface area contributed by atoms with Crippen LogP contribution in [0.2, 0.25) is 0 Å². The summed E-state index contributed by atoms with van der Waals surface area (Å²) in [6.45, 7) is 1.65. The lowest BCUT2D eigenvalue weighted by atomic mass is 9.86. The zero-order chi connectivity index (χ0) is 14.5. The normalized spacial score (nSPS) is 23.0. The fraction of sp³-hybridized carbons (Fsp3) is 0.667. The molecule has 1 aromatic heterocycles. The maximum atomic E-state index is 11.4. The Hall–Kier alpha value is -1.33. The predicted octanol–water partition coefficient (Wildman–Crippen LogP) is 1.78. The Bertz CT molecular complexity index is 444. The minimum absolute atomic E-state index is 0.164. The molecule has 1 fully saturated rings. The molecule has 20 heavy (non-hydrogen) atoms. The van der Waals surface area contributed by atoms with Gasteiger partial charge in [0.2, 0.25) is 0 Å². The molecule has 0 amide bonds. The van der Waals surface area contributed by atoms with Crippen molar-refractivity contribution in [3.8, 4) is 0 Å². The fourth-order valence-corrected chi connectivity index (χ4v) is 2.94. The van der Waals surface area contributed by atoms with Crippen molar-refractivity contribution in [3.63, 3.8) is 0 Å². The largest absolute Gasteiger partial charge is 0.464 e. The second-order valence-electron chi connectivity index (χ2n) is 5.72. The Balaban J connectivity index is 1.86. The minimum Gasteiger partial charge on any atom is -0.464 e. The predicted molar refractivity (Wildman–Crippen MR) is 76.4 cm³/mol. The van der Waals surface area contributed by atoms with E-state index >= 15 is 0 Å². The average molecular weight is 280 g/mol. The summed E-state index contributed by atoms with van der Waals surface area (Å²) in [4.78, 5) is 16.5. The first kappa shape index (κ1) is 15.1. The molecular weight excluding hydrogens is 256 g/mol. The SMILES string of the molecule is COC(=O)c1cc(CN(C)CC2CCCCC2O)c[nH]1. The topological polar surface area (TPSA) is 65.6 Å². The number of aliphatic hydroxyl groups excluding tert-OH is 1. The third-order valence-corrected chi connectivity index (χ3v) is 4.02. The Labute approximate surface area is 119 Å². The van der Waals surface area contributed by atoms with Crippen molar-refractivity contribution in [2.24, 2.45) is 5.92 Å². The van der Waals surface area contributed by atoms with E-state index in [2.05, 4.69) is 14.6 Å². The van der Waals surface area contributed by atoms with Gasteiger partial charge in [-0.05, 0) is 37.4 Å². The van der Waals surface area contributed by atoms with Crippen LogP contribution in [0, 0.1) is 5.92 Å². The van der Waals surface area contributed by atoms with E-state index in [1.807, 2.05) is 19.3 Å². The zero-order valence-electron chi connectivity index (χ0n) is 12.3. The van der Waals surface area contributed by atoms with Crippen molar-refractivity contribution in [2.75, 3.05) is 20.7 Å². The van der Waals surface area contributed by atoms with Gasteiger partial charge in [-0.15, -0.1) is 0 Å². The molecule has 1 saturated carbocycles. The highest BCUT2D eigenvalue weighted by Gasteiger charge is 2.24. The van der Waals surface area contributed by atoms with Crippen LogP contribution in [0.3, 0.4) is 0 Å². The molecule has 0 bridgehead atoms. The van der Waals surface area contributed by atoms with Crippen molar-refractivity contribution in [1.82, 2.24) is 9.88 Å². The molecule has 2 atom stereocenters. The molecule has 0 radical (unpaired) electrons. The number of ether oxygens (including phenoxy) is 1. The number of esters is 1. The monoisotopic (exact) mass is 280 g/mol. The van der Waals surface area contributed by atoms with Crippen LogP contribution in [0.4, 0.5) is 0 Å². The second-order valence-corrected chi connectivity index (χ2v) is 5.72. The summed E-state index contributed by atoms with van der Waals surface area (Å²) in [6.07, 6.45) is 6.05.